The van der Waals surface area contributed by atoms with Crippen LogP contribution in [0.5, 0.6) is 0 Å². The van der Waals surface area contributed by atoms with Gasteiger partial charge in [-0.15, -0.1) is 0 Å². The Kier molecular flexibility index (Phi) is 9.03. The molecule has 0 radical (unpaired) electrons. The van der Waals surface area contributed by atoms with Crippen LogP contribution in [-0.4, -0.2) is 56.5 Å². The first-order valence-electron chi connectivity index (χ1n) is 14.7. The fourth-order valence-corrected chi connectivity index (χ4v) is 5.57. The zero-order valence-corrected chi connectivity index (χ0v) is 25.0. The number of carbonyl (C=O) groups is 2. The van der Waals surface area contributed by atoms with Crippen LogP contribution in [0.1, 0.15) is 40.1 Å². The van der Waals surface area contributed by atoms with Gasteiger partial charge in [-0.05, 0) is 66.4 Å². The van der Waals surface area contributed by atoms with E-state index in [0.29, 0.717) is 22.7 Å². The molecule has 0 spiro atoms. The van der Waals surface area contributed by atoms with Gasteiger partial charge in [0.05, 0.1) is 11.4 Å². The lowest BCUT2D eigenvalue weighted by molar-refractivity contribution is 0.0991. The summed E-state index contributed by atoms with van der Waals surface area (Å²) in [6, 6.07) is 31.0. The minimum absolute atomic E-state index is 0.0940. The summed E-state index contributed by atoms with van der Waals surface area (Å²) >= 11 is 0. The SMILES string of the molecule is Cc1ccc(-c2ccccc2C(=O)Nc2ccc(C(=O)N(C)c3ccccc3N3CCN(CC(C)C)CC3)cc2)cc1. The minimum Gasteiger partial charge on any atom is -0.367 e. The maximum Gasteiger partial charge on any atom is 0.258 e. The summed E-state index contributed by atoms with van der Waals surface area (Å²) in [6.45, 7) is 11.6. The van der Waals surface area contributed by atoms with E-state index in [9.17, 15) is 9.59 Å². The summed E-state index contributed by atoms with van der Waals surface area (Å²) in [7, 11) is 1.83. The average molecular weight is 561 g/mol. The van der Waals surface area contributed by atoms with Crippen LogP contribution in [0, 0.1) is 12.8 Å². The molecule has 1 saturated heterocycles. The molecule has 2 amide bonds. The van der Waals surface area contributed by atoms with E-state index >= 15 is 0 Å². The predicted octanol–water partition coefficient (Wildman–Crippen LogP) is 6.97. The topological polar surface area (TPSA) is 55.9 Å². The van der Waals surface area contributed by atoms with Crippen molar-refractivity contribution in [1.29, 1.82) is 0 Å². The largest absolute Gasteiger partial charge is 0.367 e. The molecule has 4 aromatic rings. The molecule has 1 aliphatic heterocycles. The Hall–Kier alpha value is -4.42. The highest BCUT2D eigenvalue weighted by Gasteiger charge is 2.23. The lowest BCUT2D eigenvalue weighted by Gasteiger charge is -2.38. The van der Waals surface area contributed by atoms with E-state index in [4.69, 9.17) is 0 Å². The molecular formula is C36H40N4O2. The number of anilines is 3. The van der Waals surface area contributed by atoms with Crippen LogP contribution < -0.4 is 15.1 Å². The number of benzene rings is 4. The van der Waals surface area contributed by atoms with Gasteiger partial charge >= 0.3 is 0 Å². The summed E-state index contributed by atoms with van der Waals surface area (Å²) in [5.41, 5.74) is 6.81. The van der Waals surface area contributed by atoms with Crippen molar-refractivity contribution in [3.8, 4) is 11.1 Å². The van der Waals surface area contributed by atoms with Crippen LogP contribution in [0.15, 0.2) is 97.1 Å². The van der Waals surface area contributed by atoms with E-state index in [-0.39, 0.29) is 11.8 Å². The zero-order valence-electron chi connectivity index (χ0n) is 25.0. The summed E-state index contributed by atoms with van der Waals surface area (Å²) in [5, 5.41) is 3.00. The molecule has 6 nitrogen and oxygen atoms in total. The van der Waals surface area contributed by atoms with Gasteiger partial charge in [0.25, 0.3) is 11.8 Å². The van der Waals surface area contributed by atoms with Crippen LogP contribution in [0.3, 0.4) is 0 Å². The molecule has 1 fully saturated rings. The Morgan fingerprint density at radius 2 is 1.45 bits per heavy atom. The van der Waals surface area contributed by atoms with Crippen molar-refractivity contribution >= 4 is 28.9 Å². The molecule has 1 N–H and O–H groups in total. The Labute approximate surface area is 249 Å². The molecule has 0 bridgehead atoms. The van der Waals surface area contributed by atoms with Crippen LogP contribution in [0.4, 0.5) is 17.1 Å². The van der Waals surface area contributed by atoms with Crippen LogP contribution in [0.2, 0.25) is 0 Å². The standard InChI is InChI=1S/C36H40N4O2/c1-26(2)25-39-21-23-40(24-22-39)34-12-8-7-11-33(34)38(4)36(42)29-17-19-30(20-18-29)37-35(41)32-10-6-5-9-31(32)28-15-13-27(3)14-16-28/h5-20,26H,21-25H2,1-4H3,(H,37,41). The van der Waals surface area contributed by atoms with Crippen molar-refractivity contribution in [2.75, 3.05) is 54.9 Å². The first kappa shape index (κ1) is 29.1. The van der Waals surface area contributed by atoms with E-state index in [2.05, 4.69) is 35.0 Å². The molecule has 0 aromatic heterocycles. The lowest BCUT2D eigenvalue weighted by Crippen LogP contribution is -2.47. The maximum atomic E-state index is 13.5. The molecule has 42 heavy (non-hydrogen) atoms. The van der Waals surface area contributed by atoms with Crippen LogP contribution in [-0.2, 0) is 0 Å². The van der Waals surface area contributed by atoms with Crippen molar-refractivity contribution in [3.63, 3.8) is 0 Å². The Morgan fingerprint density at radius 1 is 0.810 bits per heavy atom. The normalized spacial score (nSPS) is 13.7. The number of aryl methyl sites for hydroxylation is 1. The number of nitrogens with one attached hydrogen (secondary N) is 1. The molecule has 6 heteroatoms. The molecular weight excluding hydrogens is 520 g/mol. The molecule has 0 saturated carbocycles. The molecule has 0 atom stereocenters. The molecule has 216 valence electrons. The number of hydrogen-bond donors (Lipinski definition) is 1. The fourth-order valence-electron chi connectivity index (χ4n) is 5.57. The third-order valence-electron chi connectivity index (χ3n) is 7.81. The molecule has 0 aliphatic carbocycles. The number of carbonyl (C=O) groups excluding carboxylic acids is 2. The highest BCUT2D eigenvalue weighted by atomic mass is 16.2. The second-order valence-electron chi connectivity index (χ2n) is 11.5. The summed E-state index contributed by atoms with van der Waals surface area (Å²) in [6.07, 6.45) is 0. The third kappa shape index (κ3) is 6.72. The van der Waals surface area contributed by atoms with Gasteiger partial charge in [0.2, 0.25) is 0 Å². The molecule has 1 heterocycles. The summed E-state index contributed by atoms with van der Waals surface area (Å²) < 4.78 is 0. The summed E-state index contributed by atoms with van der Waals surface area (Å²) in [5.74, 6) is 0.370. The number of nitrogens with zero attached hydrogens (tertiary/aromatic N) is 3. The van der Waals surface area contributed by atoms with Crippen molar-refractivity contribution in [1.82, 2.24) is 4.90 Å². The van der Waals surface area contributed by atoms with E-state index in [1.807, 2.05) is 80.7 Å². The van der Waals surface area contributed by atoms with Gasteiger partial charge in [-0.3, -0.25) is 14.5 Å². The number of hydrogen-bond acceptors (Lipinski definition) is 4. The fraction of sp³-hybridized carbons (Fsp3) is 0.278. The van der Waals surface area contributed by atoms with Crippen molar-refractivity contribution < 1.29 is 9.59 Å². The van der Waals surface area contributed by atoms with Crippen molar-refractivity contribution in [2.45, 2.75) is 20.8 Å². The quantitative estimate of drug-likeness (QED) is 0.253. The first-order valence-corrected chi connectivity index (χ1v) is 14.7. The molecule has 5 rings (SSSR count). The van der Waals surface area contributed by atoms with Gasteiger partial charge in [-0.2, -0.15) is 0 Å². The Balaban J connectivity index is 1.27. The van der Waals surface area contributed by atoms with Gasteiger partial charge in [0.15, 0.2) is 0 Å². The number of para-hydroxylation sites is 2. The van der Waals surface area contributed by atoms with E-state index in [1.54, 1.807) is 29.2 Å². The van der Waals surface area contributed by atoms with E-state index in [0.717, 1.165) is 55.2 Å². The monoisotopic (exact) mass is 560 g/mol. The molecule has 4 aromatic carbocycles. The second kappa shape index (κ2) is 13.0. The van der Waals surface area contributed by atoms with Gasteiger partial charge in [0, 0.05) is 56.6 Å². The Morgan fingerprint density at radius 3 is 2.14 bits per heavy atom. The van der Waals surface area contributed by atoms with Gasteiger partial charge in [0.1, 0.15) is 0 Å². The summed E-state index contributed by atoms with van der Waals surface area (Å²) in [4.78, 5) is 33.4. The smallest absolute Gasteiger partial charge is 0.258 e. The van der Waals surface area contributed by atoms with Gasteiger partial charge < -0.3 is 15.1 Å². The zero-order chi connectivity index (χ0) is 29.6. The van der Waals surface area contributed by atoms with E-state index < -0.39 is 0 Å². The van der Waals surface area contributed by atoms with Gasteiger partial charge in [-0.25, -0.2) is 0 Å². The third-order valence-corrected chi connectivity index (χ3v) is 7.81. The number of amides is 2. The first-order chi connectivity index (χ1) is 20.3. The number of piperazine rings is 1. The molecule has 0 unspecified atom stereocenters. The average Bonchev–Trinajstić information content (AvgIpc) is 3.01. The lowest BCUT2D eigenvalue weighted by atomic mass is 9.98. The van der Waals surface area contributed by atoms with Crippen LogP contribution >= 0.6 is 0 Å². The van der Waals surface area contributed by atoms with Crippen LogP contribution in [0.25, 0.3) is 11.1 Å². The maximum absolute atomic E-state index is 13.5. The second-order valence-corrected chi connectivity index (χ2v) is 11.5. The Bertz CT molecular complexity index is 1520. The van der Waals surface area contributed by atoms with E-state index in [1.165, 1.54) is 5.56 Å². The van der Waals surface area contributed by atoms with Crippen molar-refractivity contribution in [2.24, 2.45) is 5.92 Å². The highest BCUT2D eigenvalue weighted by molar-refractivity contribution is 6.10. The van der Waals surface area contributed by atoms with Crippen molar-refractivity contribution in [3.05, 3.63) is 114 Å². The molecule has 1 aliphatic rings. The minimum atomic E-state index is -0.190. The number of rotatable bonds is 8. The predicted molar refractivity (Wildman–Crippen MR) is 174 cm³/mol. The highest BCUT2D eigenvalue weighted by Crippen LogP contribution is 2.31. The van der Waals surface area contributed by atoms with Gasteiger partial charge in [-0.1, -0.05) is 74.0 Å².